The first-order chi connectivity index (χ1) is 14.3. The fourth-order valence-electron chi connectivity index (χ4n) is 3.85. The van der Waals surface area contributed by atoms with Crippen LogP contribution in [0, 0.1) is 0 Å². The van der Waals surface area contributed by atoms with Gasteiger partial charge >= 0.3 is 6.09 Å². The first-order valence-corrected chi connectivity index (χ1v) is 13.5. The lowest BCUT2D eigenvalue weighted by atomic mass is 10.0. The summed E-state index contributed by atoms with van der Waals surface area (Å²) in [5.74, 6) is 0. The molecule has 4 nitrogen and oxygen atoms in total. The van der Waals surface area contributed by atoms with E-state index in [2.05, 4.69) is 22.9 Å². The van der Waals surface area contributed by atoms with Crippen molar-refractivity contribution in [2.45, 2.75) is 116 Å². The van der Waals surface area contributed by atoms with Crippen molar-refractivity contribution in [3.8, 4) is 0 Å². The Bertz CT molecular complexity index is 381. The van der Waals surface area contributed by atoms with Crippen LogP contribution in [-0.4, -0.2) is 48.7 Å². The predicted octanol–water partition coefficient (Wildman–Crippen LogP) is 7.48. The van der Waals surface area contributed by atoms with Gasteiger partial charge in [0, 0.05) is 18.5 Å². The molecule has 1 aliphatic rings. The van der Waals surface area contributed by atoms with E-state index in [9.17, 15) is 4.79 Å². The molecule has 0 N–H and O–H groups in total. The number of hydrogen-bond donors (Lipinski definition) is 0. The van der Waals surface area contributed by atoms with Gasteiger partial charge < -0.3 is 14.4 Å². The Hall–Kier alpha value is -0.290. The van der Waals surface area contributed by atoms with Gasteiger partial charge in [-0.05, 0) is 19.3 Å². The van der Waals surface area contributed by atoms with Crippen LogP contribution in [0.15, 0.2) is 0 Å². The van der Waals surface area contributed by atoms with Gasteiger partial charge in [0.15, 0.2) is 0 Å². The van der Waals surface area contributed by atoms with E-state index in [4.69, 9.17) is 9.47 Å². The first-order valence-electron chi connectivity index (χ1n) is 12.4. The van der Waals surface area contributed by atoms with Crippen molar-refractivity contribution in [3.05, 3.63) is 0 Å². The van der Waals surface area contributed by atoms with Gasteiger partial charge in [-0.2, -0.15) is 0 Å². The zero-order valence-corrected chi connectivity index (χ0v) is 20.6. The Kier molecular flexibility index (Phi) is 18.1. The highest BCUT2D eigenvalue weighted by atomic mass is 79.9. The molecule has 1 rings (SSSR count). The van der Waals surface area contributed by atoms with Gasteiger partial charge in [-0.15, -0.1) is 0 Å². The third-order valence-electron chi connectivity index (χ3n) is 5.71. The monoisotopic (exact) mass is 475 g/mol. The summed E-state index contributed by atoms with van der Waals surface area (Å²) in [4.78, 5) is 13.6. The molecular weight excluding hydrogens is 430 g/mol. The van der Waals surface area contributed by atoms with Crippen molar-refractivity contribution in [2.75, 3.05) is 31.6 Å². The van der Waals surface area contributed by atoms with Crippen LogP contribution >= 0.6 is 15.9 Å². The van der Waals surface area contributed by atoms with E-state index in [-0.39, 0.29) is 12.2 Å². The number of cyclic esters (lactones) is 1. The van der Waals surface area contributed by atoms with E-state index in [0.29, 0.717) is 13.2 Å². The highest BCUT2D eigenvalue weighted by molar-refractivity contribution is 9.09. The molecular formula is C24H46BrNO3. The first kappa shape index (κ1) is 26.7. The van der Waals surface area contributed by atoms with Crippen molar-refractivity contribution in [2.24, 2.45) is 0 Å². The molecule has 172 valence electrons. The molecule has 5 heteroatoms. The molecule has 0 aliphatic carbocycles. The van der Waals surface area contributed by atoms with Crippen LogP contribution in [0.3, 0.4) is 0 Å². The van der Waals surface area contributed by atoms with Crippen LogP contribution in [0.4, 0.5) is 4.79 Å². The summed E-state index contributed by atoms with van der Waals surface area (Å²) < 4.78 is 11.1. The van der Waals surface area contributed by atoms with Crippen LogP contribution in [-0.2, 0) is 9.47 Å². The lowest BCUT2D eigenvalue weighted by Gasteiger charge is -2.12. The van der Waals surface area contributed by atoms with Crippen molar-refractivity contribution < 1.29 is 14.3 Å². The van der Waals surface area contributed by atoms with E-state index in [1.54, 1.807) is 0 Å². The quantitative estimate of drug-likeness (QED) is 0.127. The van der Waals surface area contributed by atoms with Crippen LogP contribution in [0.5, 0.6) is 0 Å². The van der Waals surface area contributed by atoms with Gasteiger partial charge in [0.2, 0.25) is 0 Å². The zero-order chi connectivity index (χ0) is 21.0. The van der Waals surface area contributed by atoms with Crippen LogP contribution in [0.25, 0.3) is 0 Å². The summed E-state index contributed by atoms with van der Waals surface area (Å²) in [6.07, 6.45) is 21.0. The smallest absolute Gasteiger partial charge is 0.410 e. The number of nitrogens with zero attached hydrogens (tertiary/aromatic N) is 1. The van der Waals surface area contributed by atoms with Gasteiger partial charge in [-0.3, -0.25) is 0 Å². The van der Waals surface area contributed by atoms with Gasteiger partial charge in [0.1, 0.15) is 6.10 Å². The maximum atomic E-state index is 11.8. The Labute approximate surface area is 188 Å². The standard InChI is InChI=1S/C24H46BrNO3/c1-2-3-4-5-6-7-8-9-10-11-12-13-14-17-20-28-22-23-21-26(24(27)29-23)19-16-15-18-25/h23H,2-22H2,1H3. The normalized spacial score (nSPS) is 16.6. The summed E-state index contributed by atoms with van der Waals surface area (Å²) in [5.41, 5.74) is 0. The SMILES string of the molecule is CCCCCCCCCCCCCCCCOCC1CN(CCCCBr)C(=O)O1. The Morgan fingerprint density at radius 2 is 1.41 bits per heavy atom. The van der Waals surface area contributed by atoms with Crippen molar-refractivity contribution in [3.63, 3.8) is 0 Å². The van der Waals surface area contributed by atoms with Crippen LogP contribution < -0.4 is 0 Å². The minimum atomic E-state index is -0.176. The lowest BCUT2D eigenvalue weighted by Crippen LogP contribution is -2.27. The second kappa shape index (κ2) is 19.7. The predicted molar refractivity (Wildman–Crippen MR) is 126 cm³/mol. The number of halogens is 1. The fourth-order valence-corrected chi connectivity index (χ4v) is 4.25. The molecule has 1 unspecified atom stereocenters. The van der Waals surface area contributed by atoms with Crippen LogP contribution in [0.1, 0.15) is 110 Å². The number of unbranched alkanes of at least 4 members (excludes halogenated alkanes) is 14. The van der Waals surface area contributed by atoms with Crippen molar-refractivity contribution in [1.82, 2.24) is 4.90 Å². The Morgan fingerprint density at radius 1 is 0.862 bits per heavy atom. The molecule has 0 saturated carbocycles. The Morgan fingerprint density at radius 3 is 1.97 bits per heavy atom. The summed E-state index contributed by atoms with van der Waals surface area (Å²) in [5, 5.41) is 0.988. The third-order valence-corrected chi connectivity index (χ3v) is 6.27. The minimum Gasteiger partial charge on any atom is -0.442 e. The van der Waals surface area contributed by atoms with E-state index < -0.39 is 0 Å². The third kappa shape index (κ3) is 15.2. The summed E-state index contributed by atoms with van der Waals surface area (Å²) in [7, 11) is 0. The number of rotatable bonds is 21. The topological polar surface area (TPSA) is 38.8 Å². The molecule has 0 spiro atoms. The molecule has 1 saturated heterocycles. The van der Waals surface area contributed by atoms with Crippen molar-refractivity contribution >= 4 is 22.0 Å². The molecule has 1 fully saturated rings. The van der Waals surface area contributed by atoms with E-state index in [1.807, 2.05) is 4.90 Å². The molecule has 0 radical (unpaired) electrons. The second-order valence-electron chi connectivity index (χ2n) is 8.52. The molecule has 1 atom stereocenters. The van der Waals surface area contributed by atoms with E-state index >= 15 is 0 Å². The lowest BCUT2D eigenvalue weighted by molar-refractivity contribution is 0.0443. The number of alkyl halides is 1. The number of carbonyl (C=O) groups excluding carboxylic acids is 1. The molecule has 1 amide bonds. The average Bonchev–Trinajstić information content (AvgIpc) is 3.07. The maximum absolute atomic E-state index is 11.8. The highest BCUT2D eigenvalue weighted by Gasteiger charge is 2.30. The van der Waals surface area contributed by atoms with Gasteiger partial charge in [-0.25, -0.2) is 4.79 Å². The van der Waals surface area contributed by atoms with Gasteiger partial charge in [-0.1, -0.05) is 106 Å². The number of ether oxygens (including phenoxy) is 2. The number of carbonyl (C=O) groups is 1. The summed E-state index contributed by atoms with van der Waals surface area (Å²) in [6, 6.07) is 0. The molecule has 0 aromatic heterocycles. The molecule has 0 aromatic carbocycles. The second-order valence-corrected chi connectivity index (χ2v) is 9.31. The van der Waals surface area contributed by atoms with Crippen molar-refractivity contribution in [1.29, 1.82) is 0 Å². The molecule has 0 bridgehead atoms. The van der Waals surface area contributed by atoms with E-state index in [1.165, 1.54) is 83.5 Å². The average molecular weight is 477 g/mol. The summed E-state index contributed by atoms with van der Waals surface area (Å²) >= 11 is 3.42. The molecule has 1 heterocycles. The maximum Gasteiger partial charge on any atom is 0.410 e. The summed E-state index contributed by atoms with van der Waals surface area (Å²) in [6.45, 7) is 5.08. The Balaban J connectivity index is 1.79. The molecule has 29 heavy (non-hydrogen) atoms. The zero-order valence-electron chi connectivity index (χ0n) is 19.0. The number of hydrogen-bond acceptors (Lipinski definition) is 3. The largest absolute Gasteiger partial charge is 0.442 e. The molecule has 0 aromatic rings. The van der Waals surface area contributed by atoms with Gasteiger partial charge in [0.25, 0.3) is 0 Å². The highest BCUT2D eigenvalue weighted by Crippen LogP contribution is 2.14. The minimum absolute atomic E-state index is 0.0851. The number of amides is 1. The fraction of sp³-hybridized carbons (Fsp3) is 0.958. The molecule has 1 aliphatic heterocycles. The van der Waals surface area contributed by atoms with Gasteiger partial charge in [0.05, 0.1) is 13.2 Å². The van der Waals surface area contributed by atoms with E-state index in [0.717, 1.165) is 37.7 Å². The van der Waals surface area contributed by atoms with Crippen LogP contribution in [0.2, 0.25) is 0 Å².